The van der Waals surface area contributed by atoms with Gasteiger partial charge in [0.25, 0.3) is 0 Å². The summed E-state index contributed by atoms with van der Waals surface area (Å²) in [5.74, 6) is -0.249. The zero-order valence-corrected chi connectivity index (χ0v) is 11.7. The molecule has 0 unspecified atom stereocenters. The first-order valence-corrected chi connectivity index (χ1v) is 6.92. The Morgan fingerprint density at radius 3 is 2.94 bits per heavy atom. The van der Waals surface area contributed by atoms with Crippen LogP contribution in [0.15, 0.2) is 28.9 Å². The molecule has 0 radical (unpaired) electrons. The average molecular weight is 315 g/mol. The van der Waals surface area contributed by atoms with E-state index in [4.69, 9.17) is 0 Å². The van der Waals surface area contributed by atoms with Gasteiger partial charge in [0, 0.05) is 16.8 Å². The molecule has 0 amide bonds. The molecule has 0 saturated heterocycles. The van der Waals surface area contributed by atoms with E-state index in [1.54, 1.807) is 23.5 Å². The topological polar surface area (TPSA) is 24.9 Å². The molecular formula is C12H12BrFN2S. The van der Waals surface area contributed by atoms with E-state index in [0.717, 1.165) is 23.7 Å². The van der Waals surface area contributed by atoms with Crippen LogP contribution in [0.4, 0.5) is 10.1 Å². The van der Waals surface area contributed by atoms with E-state index in [1.165, 1.54) is 10.9 Å². The Kier molecular flexibility index (Phi) is 4.12. The molecule has 0 fully saturated rings. The van der Waals surface area contributed by atoms with Crippen molar-refractivity contribution in [2.45, 2.75) is 19.9 Å². The molecule has 1 N–H and O–H groups in total. The van der Waals surface area contributed by atoms with Crippen LogP contribution in [0.1, 0.15) is 16.8 Å². The Balaban J connectivity index is 1.99. The van der Waals surface area contributed by atoms with Crippen LogP contribution in [0.25, 0.3) is 0 Å². The van der Waals surface area contributed by atoms with Crippen molar-refractivity contribution in [2.75, 3.05) is 5.32 Å². The second kappa shape index (κ2) is 5.60. The molecule has 17 heavy (non-hydrogen) atoms. The van der Waals surface area contributed by atoms with E-state index in [0.29, 0.717) is 4.47 Å². The predicted octanol–water partition coefficient (Wildman–Crippen LogP) is 4.22. The summed E-state index contributed by atoms with van der Waals surface area (Å²) in [7, 11) is 0. The van der Waals surface area contributed by atoms with Crippen molar-refractivity contribution in [2.24, 2.45) is 0 Å². The third-order valence-electron chi connectivity index (χ3n) is 2.29. The minimum absolute atomic E-state index is 0.249. The third kappa shape index (κ3) is 3.26. The van der Waals surface area contributed by atoms with Gasteiger partial charge in [0.2, 0.25) is 0 Å². The zero-order valence-electron chi connectivity index (χ0n) is 9.34. The molecule has 0 aliphatic heterocycles. The second-order valence-electron chi connectivity index (χ2n) is 3.56. The number of hydrogen-bond donors (Lipinski definition) is 1. The Morgan fingerprint density at radius 2 is 2.29 bits per heavy atom. The molecule has 2 aromatic rings. The second-order valence-corrected chi connectivity index (χ2v) is 5.61. The molecule has 1 aromatic heterocycles. The highest BCUT2D eigenvalue weighted by molar-refractivity contribution is 9.10. The van der Waals surface area contributed by atoms with Crippen molar-refractivity contribution in [1.29, 1.82) is 0 Å². The lowest BCUT2D eigenvalue weighted by Gasteiger charge is -2.05. The average Bonchev–Trinajstić information content (AvgIpc) is 2.79. The van der Waals surface area contributed by atoms with Gasteiger partial charge < -0.3 is 5.32 Å². The van der Waals surface area contributed by atoms with E-state index in [-0.39, 0.29) is 5.82 Å². The fourth-order valence-electron chi connectivity index (χ4n) is 1.39. The molecule has 1 heterocycles. The van der Waals surface area contributed by atoms with Gasteiger partial charge in [0.1, 0.15) is 5.82 Å². The highest BCUT2D eigenvalue weighted by atomic mass is 79.9. The molecule has 0 spiro atoms. The number of halogens is 2. The smallest absolute Gasteiger partial charge is 0.137 e. The molecule has 1 aromatic carbocycles. The molecule has 2 rings (SSSR count). The van der Waals surface area contributed by atoms with E-state index < -0.39 is 0 Å². The minimum Gasteiger partial charge on any atom is -0.380 e. The highest BCUT2D eigenvalue weighted by Crippen LogP contribution is 2.21. The van der Waals surface area contributed by atoms with Crippen LogP contribution in [-0.4, -0.2) is 4.98 Å². The van der Waals surface area contributed by atoms with Crippen LogP contribution < -0.4 is 5.32 Å². The monoisotopic (exact) mass is 314 g/mol. The van der Waals surface area contributed by atoms with Gasteiger partial charge in [-0.3, -0.25) is 0 Å². The van der Waals surface area contributed by atoms with E-state index in [1.807, 2.05) is 6.20 Å². The summed E-state index contributed by atoms with van der Waals surface area (Å²) in [6, 6.07) is 4.90. The fourth-order valence-corrected chi connectivity index (χ4v) is 2.57. The minimum atomic E-state index is -0.249. The maximum atomic E-state index is 13.0. The molecule has 0 aliphatic rings. The summed E-state index contributed by atoms with van der Waals surface area (Å²) >= 11 is 4.86. The van der Waals surface area contributed by atoms with Crippen molar-refractivity contribution in [3.05, 3.63) is 44.6 Å². The van der Waals surface area contributed by atoms with Gasteiger partial charge in [-0.05, 0) is 40.5 Å². The van der Waals surface area contributed by atoms with E-state index in [9.17, 15) is 4.39 Å². The SMILES string of the molecule is CCc1ncc(CNc2ccc(F)c(Br)c2)s1. The third-order valence-corrected chi connectivity index (χ3v) is 4.04. The molecule has 0 bridgehead atoms. The summed E-state index contributed by atoms with van der Waals surface area (Å²) in [6.07, 6.45) is 2.85. The van der Waals surface area contributed by atoms with Crippen molar-refractivity contribution in [3.63, 3.8) is 0 Å². The van der Waals surface area contributed by atoms with Crippen LogP contribution in [0.5, 0.6) is 0 Å². The molecule has 0 saturated carbocycles. The fraction of sp³-hybridized carbons (Fsp3) is 0.250. The Morgan fingerprint density at radius 1 is 1.47 bits per heavy atom. The number of rotatable bonds is 4. The number of aryl methyl sites for hydroxylation is 1. The number of hydrogen-bond acceptors (Lipinski definition) is 3. The van der Waals surface area contributed by atoms with Gasteiger partial charge in [-0.2, -0.15) is 0 Å². The Hall–Kier alpha value is -0.940. The standard InChI is InChI=1S/C12H12BrFN2S/c1-2-12-16-7-9(17-12)6-15-8-3-4-11(14)10(13)5-8/h3-5,7,15H,2,6H2,1H3. The molecule has 2 nitrogen and oxygen atoms in total. The quantitative estimate of drug-likeness (QED) is 0.914. The Labute approximate surface area is 112 Å². The largest absolute Gasteiger partial charge is 0.380 e. The number of benzene rings is 1. The van der Waals surface area contributed by atoms with Crippen LogP contribution in [-0.2, 0) is 13.0 Å². The number of thiazole rings is 1. The van der Waals surface area contributed by atoms with E-state index >= 15 is 0 Å². The molecule has 0 aliphatic carbocycles. The number of anilines is 1. The first-order chi connectivity index (χ1) is 8.19. The lowest BCUT2D eigenvalue weighted by atomic mass is 10.3. The number of nitrogens with zero attached hydrogens (tertiary/aromatic N) is 1. The van der Waals surface area contributed by atoms with Gasteiger partial charge >= 0.3 is 0 Å². The van der Waals surface area contributed by atoms with Crippen LogP contribution >= 0.6 is 27.3 Å². The summed E-state index contributed by atoms with van der Waals surface area (Å²) < 4.78 is 13.5. The van der Waals surface area contributed by atoms with Crippen LogP contribution in [0.3, 0.4) is 0 Å². The molecule has 0 atom stereocenters. The summed E-state index contributed by atoms with van der Waals surface area (Å²) in [5.41, 5.74) is 0.893. The van der Waals surface area contributed by atoms with Gasteiger partial charge in [0.15, 0.2) is 0 Å². The first kappa shape index (κ1) is 12.5. The summed E-state index contributed by atoms with van der Waals surface area (Å²) in [4.78, 5) is 5.47. The van der Waals surface area contributed by atoms with Gasteiger partial charge in [-0.25, -0.2) is 9.37 Å². The normalized spacial score (nSPS) is 10.5. The molecule has 90 valence electrons. The Bertz CT molecular complexity index is 513. The molecular weight excluding hydrogens is 303 g/mol. The summed E-state index contributed by atoms with van der Waals surface area (Å²) in [5, 5.41) is 4.38. The number of aromatic nitrogens is 1. The summed E-state index contributed by atoms with van der Waals surface area (Å²) in [6.45, 7) is 2.81. The van der Waals surface area contributed by atoms with Crippen molar-refractivity contribution in [3.8, 4) is 0 Å². The molecule has 5 heteroatoms. The maximum absolute atomic E-state index is 13.0. The van der Waals surface area contributed by atoms with Gasteiger partial charge in [-0.15, -0.1) is 11.3 Å². The van der Waals surface area contributed by atoms with Crippen LogP contribution in [0, 0.1) is 5.82 Å². The van der Waals surface area contributed by atoms with Crippen molar-refractivity contribution >= 4 is 33.0 Å². The first-order valence-electron chi connectivity index (χ1n) is 5.31. The lowest BCUT2D eigenvalue weighted by molar-refractivity contribution is 0.621. The van der Waals surface area contributed by atoms with Crippen molar-refractivity contribution < 1.29 is 4.39 Å². The van der Waals surface area contributed by atoms with E-state index in [2.05, 4.69) is 33.2 Å². The number of nitrogens with one attached hydrogen (secondary N) is 1. The zero-order chi connectivity index (χ0) is 12.3. The van der Waals surface area contributed by atoms with Crippen LogP contribution in [0.2, 0.25) is 0 Å². The van der Waals surface area contributed by atoms with Gasteiger partial charge in [0.05, 0.1) is 16.0 Å². The van der Waals surface area contributed by atoms with Gasteiger partial charge in [-0.1, -0.05) is 6.92 Å². The maximum Gasteiger partial charge on any atom is 0.137 e. The highest BCUT2D eigenvalue weighted by Gasteiger charge is 2.02. The predicted molar refractivity (Wildman–Crippen MR) is 72.9 cm³/mol. The van der Waals surface area contributed by atoms with Crippen molar-refractivity contribution in [1.82, 2.24) is 4.98 Å². The lowest BCUT2D eigenvalue weighted by Crippen LogP contribution is -1.97.